The highest BCUT2D eigenvalue weighted by Gasteiger charge is 2.38. The summed E-state index contributed by atoms with van der Waals surface area (Å²) in [6.45, 7) is 0.431. The van der Waals surface area contributed by atoms with Gasteiger partial charge in [0.2, 0.25) is 0 Å². The number of hydrogen-bond acceptors (Lipinski definition) is 2. The minimum atomic E-state index is 0.431. The first-order valence-electron chi connectivity index (χ1n) is 5.97. The van der Waals surface area contributed by atoms with Crippen LogP contribution in [0.15, 0.2) is 36.4 Å². The molecule has 1 aliphatic heterocycles. The van der Waals surface area contributed by atoms with Crippen LogP contribution >= 0.6 is 0 Å². The van der Waals surface area contributed by atoms with Gasteiger partial charge in [-0.15, -0.1) is 0 Å². The van der Waals surface area contributed by atoms with Gasteiger partial charge in [-0.1, -0.05) is 37.1 Å². The number of hydrogen-bond donors (Lipinski definition) is 2. The quantitative estimate of drug-likeness (QED) is 0.702. The van der Waals surface area contributed by atoms with Gasteiger partial charge in [0.1, 0.15) is 0 Å². The summed E-state index contributed by atoms with van der Waals surface area (Å²) in [6.07, 6.45) is 2.70. The Morgan fingerprint density at radius 1 is 0.938 bits per heavy atom. The number of anilines is 2. The van der Waals surface area contributed by atoms with Crippen molar-refractivity contribution in [1.29, 1.82) is 0 Å². The van der Waals surface area contributed by atoms with Crippen LogP contribution in [0.4, 0.5) is 11.4 Å². The Balaban J connectivity index is 1.92. The Morgan fingerprint density at radius 3 is 2.12 bits per heavy atom. The minimum absolute atomic E-state index is 0.431. The zero-order valence-electron chi connectivity index (χ0n) is 9.03. The van der Waals surface area contributed by atoms with E-state index >= 15 is 0 Å². The molecule has 1 aliphatic carbocycles. The van der Waals surface area contributed by atoms with Crippen molar-refractivity contribution >= 4 is 29.1 Å². The molecule has 1 saturated carbocycles. The first-order chi connectivity index (χ1) is 7.92. The first-order valence-corrected chi connectivity index (χ1v) is 5.97. The highest BCUT2D eigenvalue weighted by Crippen LogP contribution is 2.43. The zero-order valence-corrected chi connectivity index (χ0v) is 9.03. The molecule has 0 aromatic heterocycles. The van der Waals surface area contributed by atoms with E-state index in [1.54, 1.807) is 0 Å². The molecule has 0 spiro atoms. The van der Waals surface area contributed by atoms with Gasteiger partial charge in [-0.2, -0.15) is 0 Å². The van der Waals surface area contributed by atoms with E-state index in [9.17, 15) is 0 Å². The van der Waals surface area contributed by atoms with E-state index in [2.05, 4.69) is 46.9 Å². The van der Waals surface area contributed by atoms with Crippen LogP contribution in [0.2, 0.25) is 5.82 Å². The normalized spacial score (nSPS) is 18.1. The summed E-state index contributed by atoms with van der Waals surface area (Å²) in [6, 6.07) is 13.0. The van der Waals surface area contributed by atoms with Crippen LogP contribution < -0.4 is 10.5 Å². The number of rotatable bonds is 1. The van der Waals surface area contributed by atoms with Crippen LogP contribution in [-0.2, 0) is 0 Å². The summed E-state index contributed by atoms with van der Waals surface area (Å²) >= 11 is 0. The molecule has 1 fully saturated rings. The molecule has 2 aromatic rings. The number of benzene rings is 2. The summed E-state index contributed by atoms with van der Waals surface area (Å²) in [7, 11) is 0. The summed E-state index contributed by atoms with van der Waals surface area (Å²) in [5, 5.41) is 9.87. The maximum atomic E-state index is 3.61. The van der Waals surface area contributed by atoms with Crippen molar-refractivity contribution in [2.45, 2.75) is 18.7 Å². The third kappa shape index (κ3) is 1.14. The third-order valence-corrected chi connectivity index (χ3v) is 3.62. The van der Waals surface area contributed by atoms with Crippen molar-refractivity contribution < 1.29 is 0 Å². The van der Waals surface area contributed by atoms with Crippen LogP contribution in [0.1, 0.15) is 12.8 Å². The predicted molar refractivity (Wildman–Crippen MR) is 69.9 cm³/mol. The van der Waals surface area contributed by atoms with E-state index in [0.29, 0.717) is 6.98 Å². The third-order valence-electron chi connectivity index (χ3n) is 3.62. The van der Waals surface area contributed by atoms with E-state index in [-0.39, 0.29) is 0 Å². The van der Waals surface area contributed by atoms with E-state index in [1.807, 2.05) is 0 Å². The molecule has 0 atom stereocenters. The molecule has 1 heterocycles. The molecule has 0 bridgehead atoms. The Hall–Kier alpha value is -1.64. The van der Waals surface area contributed by atoms with Crippen molar-refractivity contribution in [2.24, 2.45) is 0 Å². The molecule has 0 amide bonds. The Bertz CT molecular complexity index is 522. The molecule has 4 rings (SSSR count). The van der Waals surface area contributed by atoms with Gasteiger partial charge >= 0.3 is 6.98 Å². The lowest BCUT2D eigenvalue weighted by Gasteiger charge is -2.26. The van der Waals surface area contributed by atoms with Gasteiger partial charge in [0.25, 0.3) is 0 Å². The predicted octanol–water partition coefficient (Wildman–Crippen LogP) is 3.33. The van der Waals surface area contributed by atoms with E-state index in [0.717, 1.165) is 5.82 Å². The fourth-order valence-corrected chi connectivity index (χ4v) is 2.62. The van der Waals surface area contributed by atoms with Gasteiger partial charge in [-0.25, -0.2) is 0 Å². The SMILES string of the molecule is c1cc2c3c(cccc3c1)NB(C1CC1)N2. The minimum Gasteiger partial charge on any atom is -0.409 e. The smallest absolute Gasteiger partial charge is 0.373 e. The van der Waals surface area contributed by atoms with Gasteiger partial charge in [0.15, 0.2) is 0 Å². The summed E-state index contributed by atoms with van der Waals surface area (Å²) in [4.78, 5) is 0. The second-order valence-electron chi connectivity index (χ2n) is 4.81. The number of nitrogens with one attached hydrogen (secondary N) is 2. The monoisotopic (exact) mass is 208 g/mol. The molecule has 2 nitrogen and oxygen atoms in total. The average molecular weight is 208 g/mol. The maximum absolute atomic E-state index is 3.61. The molecule has 0 unspecified atom stereocenters. The largest absolute Gasteiger partial charge is 0.409 e. The zero-order chi connectivity index (χ0) is 10.5. The fraction of sp³-hybridized carbons (Fsp3) is 0.231. The van der Waals surface area contributed by atoms with E-state index in [4.69, 9.17) is 0 Å². The maximum Gasteiger partial charge on any atom is 0.373 e. The van der Waals surface area contributed by atoms with E-state index < -0.39 is 0 Å². The van der Waals surface area contributed by atoms with Crippen LogP contribution in [0.25, 0.3) is 10.8 Å². The average Bonchev–Trinajstić information content (AvgIpc) is 3.13. The molecule has 2 N–H and O–H groups in total. The highest BCUT2D eigenvalue weighted by atomic mass is 15.0. The van der Waals surface area contributed by atoms with Crippen molar-refractivity contribution in [3.05, 3.63) is 36.4 Å². The summed E-state index contributed by atoms with van der Waals surface area (Å²) in [5.41, 5.74) is 2.56. The van der Waals surface area contributed by atoms with Crippen LogP contribution in [0, 0.1) is 0 Å². The van der Waals surface area contributed by atoms with Gasteiger partial charge in [-0.3, -0.25) is 0 Å². The molecular weight excluding hydrogens is 195 g/mol. The van der Waals surface area contributed by atoms with Gasteiger partial charge in [0, 0.05) is 16.8 Å². The van der Waals surface area contributed by atoms with E-state index in [1.165, 1.54) is 35.0 Å². The highest BCUT2D eigenvalue weighted by molar-refractivity contribution is 6.70. The lowest BCUT2D eigenvalue weighted by atomic mass is 9.67. The second kappa shape index (κ2) is 2.94. The molecule has 0 saturated heterocycles. The lowest BCUT2D eigenvalue weighted by molar-refractivity contribution is 1.36. The van der Waals surface area contributed by atoms with Crippen LogP contribution in [0.5, 0.6) is 0 Å². The molecule has 16 heavy (non-hydrogen) atoms. The van der Waals surface area contributed by atoms with Crippen LogP contribution in [0.3, 0.4) is 0 Å². The van der Waals surface area contributed by atoms with Crippen molar-refractivity contribution in [2.75, 3.05) is 10.5 Å². The topological polar surface area (TPSA) is 24.1 Å². The molecule has 0 radical (unpaired) electrons. The summed E-state index contributed by atoms with van der Waals surface area (Å²) < 4.78 is 0. The summed E-state index contributed by atoms with van der Waals surface area (Å²) in [5.74, 6) is 0.809. The van der Waals surface area contributed by atoms with Crippen molar-refractivity contribution in [3.63, 3.8) is 0 Å². The molecule has 3 heteroatoms. The first kappa shape index (κ1) is 8.51. The lowest BCUT2D eigenvalue weighted by Crippen LogP contribution is -2.37. The van der Waals surface area contributed by atoms with Crippen LogP contribution in [-0.4, -0.2) is 6.98 Å². The fourth-order valence-electron chi connectivity index (χ4n) is 2.62. The van der Waals surface area contributed by atoms with Gasteiger partial charge < -0.3 is 10.5 Å². The molecule has 2 aromatic carbocycles. The Labute approximate surface area is 95.2 Å². The molecular formula is C13H13BN2. The van der Waals surface area contributed by atoms with Gasteiger partial charge in [-0.05, 0) is 23.3 Å². The standard InChI is InChI=1S/C13H13BN2/c1-3-9-4-2-6-12-13(9)11(5-1)15-14(16-12)10-7-8-10/h1-6,10,15-16H,7-8H2. The molecule has 2 aliphatic rings. The Morgan fingerprint density at radius 2 is 1.56 bits per heavy atom. The van der Waals surface area contributed by atoms with Crippen molar-refractivity contribution in [1.82, 2.24) is 0 Å². The van der Waals surface area contributed by atoms with Crippen molar-refractivity contribution in [3.8, 4) is 0 Å². The Kier molecular flexibility index (Phi) is 1.56. The van der Waals surface area contributed by atoms with Gasteiger partial charge in [0.05, 0.1) is 0 Å². The molecule has 78 valence electrons. The second-order valence-corrected chi connectivity index (χ2v) is 4.81.